The largest absolute Gasteiger partial charge is 0.295 e. The molecule has 0 aromatic carbocycles. The Morgan fingerprint density at radius 1 is 1.36 bits per heavy atom. The maximum atomic E-state index is 11.9. The summed E-state index contributed by atoms with van der Waals surface area (Å²) >= 11 is 0. The topological polar surface area (TPSA) is 17.1 Å². The second-order valence-corrected chi connectivity index (χ2v) is 10.9. The van der Waals surface area contributed by atoms with Crippen LogP contribution < -0.4 is 0 Å². The van der Waals surface area contributed by atoms with Gasteiger partial charge in [-0.05, 0) is 31.3 Å². The first-order chi connectivity index (χ1) is 6.32. The molecule has 1 atom stereocenters. The molecule has 0 aromatic heterocycles. The Morgan fingerprint density at radius 3 is 2.36 bits per heavy atom. The van der Waals surface area contributed by atoms with Crippen molar-refractivity contribution in [2.24, 2.45) is 5.92 Å². The predicted molar refractivity (Wildman–Crippen MR) is 64.1 cm³/mol. The molecule has 0 aliphatic heterocycles. The molecule has 1 aliphatic carbocycles. The standard InChI is InChI=1S/C12H22OSi/c1-9-6-7-11(12(13)8-9)10(2)14(3,4)5/h9H,6-8H2,1-5H3/b11-10-. The minimum Gasteiger partial charge on any atom is -0.295 e. The van der Waals surface area contributed by atoms with Crippen molar-refractivity contribution in [1.29, 1.82) is 0 Å². The van der Waals surface area contributed by atoms with Crippen LogP contribution in [0.2, 0.25) is 19.6 Å². The molecule has 1 nitrogen and oxygen atoms in total. The summed E-state index contributed by atoms with van der Waals surface area (Å²) in [4.78, 5) is 11.9. The van der Waals surface area contributed by atoms with E-state index in [4.69, 9.17) is 0 Å². The van der Waals surface area contributed by atoms with Crippen LogP contribution in [0.15, 0.2) is 10.8 Å². The third-order valence-corrected chi connectivity index (χ3v) is 5.89. The summed E-state index contributed by atoms with van der Waals surface area (Å²) in [6.07, 6.45) is 3.00. The smallest absolute Gasteiger partial charge is 0.158 e. The van der Waals surface area contributed by atoms with Gasteiger partial charge in [0.05, 0.1) is 8.07 Å². The van der Waals surface area contributed by atoms with Gasteiger partial charge in [0.2, 0.25) is 0 Å². The number of hydrogen-bond acceptors (Lipinski definition) is 1. The van der Waals surface area contributed by atoms with E-state index >= 15 is 0 Å². The number of Topliss-reactive ketones (excluding diaryl/α,β-unsaturated/α-hetero) is 1. The van der Waals surface area contributed by atoms with Gasteiger partial charge in [-0.2, -0.15) is 0 Å². The Hall–Kier alpha value is -0.373. The molecule has 1 saturated carbocycles. The number of ketones is 1. The van der Waals surface area contributed by atoms with Crippen LogP contribution in [-0.2, 0) is 4.79 Å². The zero-order chi connectivity index (χ0) is 10.9. The highest BCUT2D eigenvalue weighted by molar-refractivity contribution is 6.83. The van der Waals surface area contributed by atoms with Crippen molar-refractivity contribution < 1.29 is 4.79 Å². The minimum absolute atomic E-state index is 0.420. The van der Waals surface area contributed by atoms with Crippen molar-refractivity contribution >= 4 is 13.9 Å². The molecule has 0 aromatic rings. The van der Waals surface area contributed by atoms with Crippen LogP contribution in [0.5, 0.6) is 0 Å². The van der Waals surface area contributed by atoms with E-state index in [2.05, 4.69) is 33.5 Å². The maximum absolute atomic E-state index is 11.9. The summed E-state index contributed by atoms with van der Waals surface area (Å²) in [5, 5.41) is 1.43. The third kappa shape index (κ3) is 2.56. The number of rotatable bonds is 1. The van der Waals surface area contributed by atoms with Crippen LogP contribution in [0.4, 0.5) is 0 Å². The van der Waals surface area contributed by atoms with Crippen molar-refractivity contribution in [1.82, 2.24) is 0 Å². The second-order valence-electron chi connectivity index (χ2n) is 5.62. The van der Waals surface area contributed by atoms with Gasteiger partial charge in [-0.1, -0.05) is 31.8 Å². The highest BCUT2D eigenvalue weighted by atomic mass is 28.3. The molecule has 0 N–H and O–H groups in total. The van der Waals surface area contributed by atoms with Gasteiger partial charge >= 0.3 is 0 Å². The monoisotopic (exact) mass is 210 g/mol. The van der Waals surface area contributed by atoms with Gasteiger partial charge in [0, 0.05) is 6.42 Å². The average molecular weight is 210 g/mol. The van der Waals surface area contributed by atoms with Gasteiger partial charge in [-0.15, -0.1) is 0 Å². The molecule has 1 unspecified atom stereocenters. The van der Waals surface area contributed by atoms with Crippen LogP contribution >= 0.6 is 0 Å². The lowest BCUT2D eigenvalue weighted by Gasteiger charge is -2.26. The van der Waals surface area contributed by atoms with Gasteiger partial charge in [0.1, 0.15) is 0 Å². The molecule has 0 bridgehead atoms. The van der Waals surface area contributed by atoms with E-state index in [1.54, 1.807) is 0 Å². The Labute approximate surface area is 88.6 Å². The van der Waals surface area contributed by atoms with Crippen LogP contribution in [0.3, 0.4) is 0 Å². The van der Waals surface area contributed by atoms with Crippen LogP contribution in [0.25, 0.3) is 0 Å². The quantitative estimate of drug-likeness (QED) is 0.478. The SMILES string of the molecule is C/C(=C1\CCC(C)CC1=O)[Si](C)(C)C. The van der Waals surface area contributed by atoms with Crippen molar-refractivity contribution in [3.8, 4) is 0 Å². The number of allylic oxidation sites excluding steroid dienone is 2. The molecule has 14 heavy (non-hydrogen) atoms. The zero-order valence-corrected chi connectivity index (χ0v) is 11.1. The molecular formula is C12H22OSi. The molecule has 0 heterocycles. The van der Waals surface area contributed by atoms with Gasteiger partial charge < -0.3 is 0 Å². The summed E-state index contributed by atoms with van der Waals surface area (Å²) < 4.78 is 0. The molecule has 1 fully saturated rings. The zero-order valence-electron chi connectivity index (χ0n) is 10.1. The summed E-state index contributed by atoms with van der Waals surface area (Å²) in [7, 11) is -1.25. The number of carbonyl (C=O) groups excluding carboxylic acids is 1. The van der Waals surface area contributed by atoms with Gasteiger partial charge in [0.25, 0.3) is 0 Å². The van der Waals surface area contributed by atoms with Crippen LogP contribution in [0.1, 0.15) is 33.1 Å². The van der Waals surface area contributed by atoms with Crippen molar-refractivity contribution in [3.05, 3.63) is 10.8 Å². The van der Waals surface area contributed by atoms with E-state index in [9.17, 15) is 4.79 Å². The molecule has 0 saturated heterocycles. The lowest BCUT2D eigenvalue weighted by molar-refractivity contribution is -0.117. The van der Waals surface area contributed by atoms with Gasteiger partial charge in [0.15, 0.2) is 5.78 Å². The Balaban J connectivity index is 2.93. The van der Waals surface area contributed by atoms with Gasteiger partial charge in [-0.3, -0.25) is 4.79 Å². The fourth-order valence-corrected chi connectivity index (χ4v) is 3.09. The van der Waals surface area contributed by atoms with E-state index in [1.165, 1.54) is 17.2 Å². The molecule has 1 aliphatic rings. The van der Waals surface area contributed by atoms with Crippen LogP contribution in [-0.4, -0.2) is 13.9 Å². The fraction of sp³-hybridized carbons (Fsp3) is 0.750. The molecule has 0 radical (unpaired) electrons. The Kier molecular flexibility index (Phi) is 3.35. The van der Waals surface area contributed by atoms with Crippen molar-refractivity contribution in [2.45, 2.75) is 52.8 Å². The van der Waals surface area contributed by atoms with Gasteiger partial charge in [-0.25, -0.2) is 0 Å². The lowest BCUT2D eigenvalue weighted by Crippen LogP contribution is -2.27. The highest BCUT2D eigenvalue weighted by Crippen LogP contribution is 2.30. The van der Waals surface area contributed by atoms with E-state index in [0.29, 0.717) is 11.7 Å². The first-order valence-corrected chi connectivity index (χ1v) is 9.06. The normalized spacial score (nSPS) is 27.8. The summed E-state index contributed by atoms with van der Waals surface area (Å²) in [5.74, 6) is 1.02. The van der Waals surface area contributed by atoms with Crippen molar-refractivity contribution in [2.75, 3.05) is 0 Å². The Bertz CT molecular complexity index is 271. The van der Waals surface area contributed by atoms with E-state index < -0.39 is 8.07 Å². The van der Waals surface area contributed by atoms with E-state index in [1.807, 2.05) is 0 Å². The first kappa shape index (κ1) is 11.7. The fourth-order valence-electron chi connectivity index (χ4n) is 1.92. The highest BCUT2D eigenvalue weighted by Gasteiger charge is 2.26. The van der Waals surface area contributed by atoms with Crippen molar-refractivity contribution in [3.63, 3.8) is 0 Å². The molecule has 0 amide bonds. The van der Waals surface area contributed by atoms with E-state index in [0.717, 1.165) is 12.8 Å². The summed E-state index contributed by atoms with van der Waals surface area (Å²) in [6, 6.07) is 0. The number of hydrogen-bond donors (Lipinski definition) is 0. The number of carbonyl (C=O) groups is 1. The minimum atomic E-state index is -1.25. The molecule has 80 valence electrons. The molecule has 2 heteroatoms. The lowest BCUT2D eigenvalue weighted by atomic mass is 9.86. The third-order valence-electron chi connectivity index (χ3n) is 3.34. The predicted octanol–water partition coefficient (Wildman–Crippen LogP) is 3.57. The molecular weight excluding hydrogens is 188 g/mol. The molecule has 0 spiro atoms. The summed E-state index contributed by atoms with van der Waals surface area (Å²) in [6.45, 7) is 11.3. The van der Waals surface area contributed by atoms with Crippen LogP contribution in [0, 0.1) is 5.92 Å². The maximum Gasteiger partial charge on any atom is 0.158 e. The van der Waals surface area contributed by atoms with E-state index in [-0.39, 0.29) is 0 Å². The second kappa shape index (κ2) is 4.01. The Morgan fingerprint density at radius 2 is 1.93 bits per heavy atom. The average Bonchev–Trinajstić information content (AvgIpc) is 2.01. The first-order valence-electron chi connectivity index (χ1n) is 5.56. The summed E-state index contributed by atoms with van der Waals surface area (Å²) in [5.41, 5.74) is 1.17. The molecule has 1 rings (SSSR count).